The Bertz CT molecular complexity index is 1010. The molecule has 0 amide bonds. The third-order valence-corrected chi connectivity index (χ3v) is 5.76. The molecule has 0 aliphatic rings. The maximum atomic E-state index is 13.3. The maximum absolute atomic E-state index is 13.3. The van der Waals surface area contributed by atoms with Gasteiger partial charge in [-0.05, 0) is 36.6 Å². The van der Waals surface area contributed by atoms with Crippen LogP contribution in [0.2, 0.25) is 5.02 Å². The number of rotatable bonds is 5. The number of benzene rings is 2. The molecule has 3 aromatic rings. The van der Waals surface area contributed by atoms with Crippen LogP contribution in [0, 0.1) is 12.8 Å². The number of hydrogen-bond acceptors (Lipinski definition) is 4. The molecule has 0 radical (unpaired) electrons. The minimum absolute atomic E-state index is 0.109. The molecule has 26 heavy (non-hydrogen) atoms. The van der Waals surface area contributed by atoms with Crippen molar-refractivity contribution in [3.05, 3.63) is 57.3 Å². The highest BCUT2D eigenvalue weighted by Crippen LogP contribution is 2.32. The summed E-state index contributed by atoms with van der Waals surface area (Å²) in [5.41, 5.74) is 2.12. The Kier molecular flexibility index (Phi) is 5.58. The average Bonchev–Trinajstić information content (AvgIpc) is 2.62. The fourth-order valence-electron chi connectivity index (χ4n) is 2.65. The Labute approximate surface area is 162 Å². The number of nitrogens with zero attached hydrogens (tertiary/aromatic N) is 2. The van der Waals surface area contributed by atoms with E-state index in [9.17, 15) is 4.79 Å². The molecule has 0 N–H and O–H groups in total. The van der Waals surface area contributed by atoms with Crippen LogP contribution in [-0.4, -0.2) is 22.4 Å². The molecule has 0 unspecified atom stereocenters. The standard InChI is InChI=1S/C20H21ClN2O2S/c1-12(2)11-26-20-22-16-8-6-5-7-14(16)19(24)23(20)17-9-13(3)15(21)10-18(17)25-4/h5-10,12H,11H2,1-4H3. The monoisotopic (exact) mass is 388 g/mol. The summed E-state index contributed by atoms with van der Waals surface area (Å²) in [5.74, 6) is 1.89. The highest BCUT2D eigenvalue weighted by Gasteiger charge is 2.18. The van der Waals surface area contributed by atoms with Crippen LogP contribution < -0.4 is 10.3 Å². The first kappa shape index (κ1) is 18.8. The molecule has 0 fully saturated rings. The van der Waals surface area contributed by atoms with Gasteiger partial charge >= 0.3 is 0 Å². The van der Waals surface area contributed by atoms with Crippen LogP contribution in [0.25, 0.3) is 16.6 Å². The quantitative estimate of drug-likeness (QED) is 0.450. The van der Waals surface area contributed by atoms with Crippen molar-refractivity contribution in [2.75, 3.05) is 12.9 Å². The van der Waals surface area contributed by atoms with Gasteiger partial charge in [-0.1, -0.05) is 49.3 Å². The predicted octanol–water partition coefficient (Wildman–Crippen LogP) is 5.10. The summed E-state index contributed by atoms with van der Waals surface area (Å²) >= 11 is 7.81. The van der Waals surface area contributed by atoms with E-state index in [0.717, 1.165) is 11.3 Å². The second-order valence-corrected chi connectivity index (χ2v) is 7.92. The third kappa shape index (κ3) is 3.60. The number of thioether (sulfide) groups is 1. The van der Waals surface area contributed by atoms with Crippen LogP contribution >= 0.6 is 23.4 Å². The molecule has 1 heterocycles. The summed E-state index contributed by atoms with van der Waals surface area (Å²) < 4.78 is 7.14. The number of para-hydroxylation sites is 1. The van der Waals surface area contributed by atoms with Crippen LogP contribution in [-0.2, 0) is 0 Å². The lowest BCUT2D eigenvalue weighted by Crippen LogP contribution is -2.22. The van der Waals surface area contributed by atoms with Gasteiger partial charge in [0.1, 0.15) is 5.75 Å². The number of fused-ring (bicyclic) bond motifs is 1. The van der Waals surface area contributed by atoms with E-state index in [2.05, 4.69) is 13.8 Å². The summed E-state index contributed by atoms with van der Waals surface area (Å²) in [6.07, 6.45) is 0. The van der Waals surface area contributed by atoms with Crippen molar-refractivity contribution < 1.29 is 4.74 Å². The van der Waals surface area contributed by atoms with E-state index >= 15 is 0 Å². The summed E-state index contributed by atoms with van der Waals surface area (Å²) in [6.45, 7) is 6.19. The van der Waals surface area contributed by atoms with Gasteiger partial charge in [-0.3, -0.25) is 9.36 Å². The van der Waals surface area contributed by atoms with Gasteiger partial charge in [0.2, 0.25) is 0 Å². The second-order valence-electron chi connectivity index (χ2n) is 6.53. The number of aromatic nitrogens is 2. The first-order chi connectivity index (χ1) is 12.4. The number of methoxy groups -OCH3 is 1. The number of halogens is 1. The van der Waals surface area contributed by atoms with E-state index in [1.165, 1.54) is 0 Å². The second kappa shape index (κ2) is 7.72. The van der Waals surface area contributed by atoms with Gasteiger partial charge in [0, 0.05) is 16.8 Å². The first-order valence-corrected chi connectivity index (χ1v) is 9.77. The SMILES string of the molecule is COc1cc(Cl)c(C)cc1-n1c(SCC(C)C)nc2ccccc2c1=O. The molecule has 0 bridgehead atoms. The summed E-state index contributed by atoms with van der Waals surface area (Å²) in [7, 11) is 1.57. The van der Waals surface area contributed by atoms with Crippen LogP contribution in [0.4, 0.5) is 0 Å². The van der Waals surface area contributed by atoms with E-state index in [1.54, 1.807) is 35.6 Å². The number of hydrogen-bond donors (Lipinski definition) is 0. The molecule has 0 aliphatic heterocycles. The van der Waals surface area contributed by atoms with Crippen LogP contribution in [0.1, 0.15) is 19.4 Å². The van der Waals surface area contributed by atoms with Crippen molar-refractivity contribution >= 4 is 34.3 Å². The molecule has 0 saturated heterocycles. The molecule has 0 spiro atoms. The van der Waals surface area contributed by atoms with E-state index in [4.69, 9.17) is 21.3 Å². The van der Waals surface area contributed by atoms with Gasteiger partial charge in [-0.2, -0.15) is 0 Å². The van der Waals surface area contributed by atoms with E-state index in [-0.39, 0.29) is 5.56 Å². The Balaban J connectivity index is 2.33. The third-order valence-electron chi connectivity index (χ3n) is 3.99. The van der Waals surface area contributed by atoms with E-state index < -0.39 is 0 Å². The van der Waals surface area contributed by atoms with Crippen LogP contribution in [0.5, 0.6) is 5.75 Å². The minimum atomic E-state index is -0.109. The van der Waals surface area contributed by atoms with Crippen molar-refractivity contribution in [1.82, 2.24) is 9.55 Å². The largest absolute Gasteiger partial charge is 0.495 e. The zero-order valence-electron chi connectivity index (χ0n) is 15.2. The topological polar surface area (TPSA) is 44.1 Å². The first-order valence-electron chi connectivity index (χ1n) is 8.41. The smallest absolute Gasteiger partial charge is 0.266 e. The summed E-state index contributed by atoms with van der Waals surface area (Å²) in [6, 6.07) is 11.0. The Morgan fingerprint density at radius 2 is 2.00 bits per heavy atom. The van der Waals surface area contributed by atoms with Gasteiger partial charge in [0.25, 0.3) is 5.56 Å². The van der Waals surface area contributed by atoms with Gasteiger partial charge in [-0.15, -0.1) is 0 Å². The summed E-state index contributed by atoms with van der Waals surface area (Å²) in [4.78, 5) is 18.0. The maximum Gasteiger partial charge on any atom is 0.266 e. The predicted molar refractivity (Wildman–Crippen MR) is 109 cm³/mol. The summed E-state index contributed by atoms with van der Waals surface area (Å²) in [5, 5.41) is 1.84. The van der Waals surface area contributed by atoms with Gasteiger partial charge in [0.05, 0.1) is 23.7 Å². The van der Waals surface area contributed by atoms with Crippen molar-refractivity contribution in [2.45, 2.75) is 25.9 Å². The molecule has 0 aliphatic carbocycles. The molecule has 0 atom stereocenters. The van der Waals surface area contributed by atoms with Crippen LogP contribution in [0.15, 0.2) is 46.3 Å². The molecule has 1 aromatic heterocycles. The Morgan fingerprint density at radius 3 is 2.69 bits per heavy atom. The van der Waals surface area contributed by atoms with Crippen molar-refractivity contribution in [2.24, 2.45) is 5.92 Å². The molecule has 3 rings (SSSR count). The van der Waals surface area contributed by atoms with E-state index in [0.29, 0.717) is 38.4 Å². The normalized spacial score (nSPS) is 11.3. The number of aryl methyl sites for hydroxylation is 1. The highest BCUT2D eigenvalue weighted by molar-refractivity contribution is 7.99. The zero-order chi connectivity index (χ0) is 18.8. The average molecular weight is 389 g/mol. The van der Waals surface area contributed by atoms with Crippen molar-refractivity contribution in [3.8, 4) is 11.4 Å². The minimum Gasteiger partial charge on any atom is -0.495 e. The molecular formula is C20H21ClN2O2S. The van der Waals surface area contributed by atoms with Crippen molar-refractivity contribution in [3.63, 3.8) is 0 Å². The highest BCUT2D eigenvalue weighted by atomic mass is 35.5. The zero-order valence-corrected chi connectivity index (χ0v) is 16.8. The molecule has 4 nitrogen and oxygen atoms in total. The van der Waals surface area contributed by atoms with Gasteiger partial charge in [-0.25, -0.2) is 4.98 Å². The molecule has 136 valence electrons. The van der Waals surface area contributed by atoms with E-state index in [1.807, 2.05) is 31.2 Å². The lowest BCUT2D eigenvalue weighted by Gasteiger charge is -2.17. The van der Waals surface area contributed by atoms with Crippen LogP contribution in [0.3, 0.4) is 0 Å². The number of ether oxygens (including phenoxy) is 1. The molecular weight excluding hydrogens is 368 g/mol. The van der Waals surface area contributed by atoms with Gasteiger partial charge in [0.15, 0.2) is 5.16 Å². The molecule has 0 saturated carbocycles. The van der Waals surface area contributed by atoms with Gasteiger partial charge < -0.3 is 4.74 Å². The molecule has 2 aromatic carbocycles. The molecule has 6 heteroatoms. The lowest BCUT2D eigenvalue weighted by atomic mass is 10.2. The Morgan fingerprint density at radius 1 is 1.27 bits per heavy atom. The fourth-order valence-corrected chi connectivity index (χ4v) is 3.76. The van der Waals surface area contributed by atoms with Crippen molar-refractivity contribution in [1.29, 1.82) is 0 Å². The fraction of sp³-hybridized carbons (Fsp3) is 0.300. The Hall–Kier alpha value is -1.98. The lowest BCUT2D eigenvalue weighted by molar-refractivity contribution is 0.411.